The zero-order valence-corrected chi connectivity index (χ0v) is 10.1. The number of pyridine rings is 1. The van der Waals surface area contributed by atoms with Crippen LogP contribution in [0.1, 0.15) is 17.0 Å². The fourth-order valence-electron chi connectivity index (χ4n) is 1.39. The minimum Gasteiger partial charge on any atom is -0.389 e. The Hall–Kier alpha value is -1.95. The molecule has 0 fully saturated rings. The second-order valence-electron chi connectivity index (χ2n) is 3.55. The van der Waals surface area contributed by atoms with Crippen molar-refractivity contribution < 1.29 is 4.52 Å². The molecule has 17 heavy (non-hydrogen) atoms. The van der Waals surface area contributed by atoms with E-state index in [1.54, 1.807) is 12.3 Å². The Bertz CT molecular complexity index is 524. The van der Waals surface area contributed by atoms with Crippen LogP contribution in [0.4, 0.5) is 5.82 Å². The number of aryl methyl sites for hydroxylation is 1. The van der Waals surface area contributed by atoms with Gasteiger partial charge in [-0.25, -0.2) is 4.98 Å². The third-order valence-electron chi connectivity index (χ3n) is 2.22. The summed E-state index contributed by atoms with van der Waals surface area (Å²) in [6.07, 6.45) is 1.59. The number of thiocarbonyl (C=S) groups is 1. The van der Waals surface area contributed by atoms with E-state index in [2.05, 4.69) is 15.5 Å². The van der Waals surface area contributed by atoms with E-state index in [-0.39, 0.29) is 0 Å². The van der Waals surface area contributed by atoms with Gasteiger partial charge in [-0.15, -0.1) is 0 Å². The van der Waals surface area contributed by atoms with Crippen molar-refractivity contribution in [1.29, 1.82) is 0 Å². The molecule has 3 N–H and O–H groups in total. The van der Waals surface area contributed by atoms with Crippen molar-refractivity contribution in [3.63, 3.8) is 0 Å². The number of hydrogen-bond acceptors (Lipinski definition) is 5. The Morgan fingerprint density at radius 2 is 2.29 bits per heavy atom. The monoisotopic (exact) mass is 248 g/mol. The summed E-state index contributed by atoms with van der Waals surface area (Å²) in [4.78, 5) is 4.67. The largest absolute Gasteiger partial charge is 0.389 e. The van der Waals surface area contributed by atoms with Crippen molar-refractivity contribution in [1.82, 2.24) is 10.1 Å². The number of nitrogens with zero attached hydrogens (tertiary/aromatic N) is 2. The molecule has 0 aromatic carbocycles. The first-order chi connectivity index (χ1) is 8.16. The first-order valence-corrected chi connectivity index (χ1v) is 5.48. The van der Waals surface area contributed by atoms with Crippen LogP contribution in [0.5, 0.6) is 0 Å². The van der Waals surface area contributed by atoms with Crippen LogP contribution in [0, 0.1) is 6.92 Å². The average Bonchev–Trinajstić information content (AvgIpc) is 2.78. The van der Waals surface area contributed by atoms with Crippen LogP contribution in [-0.4, -0.2) is 15.1 Å². The molecule has 0 spiro atoms. The van der Waals surface area contributed by atoms with Crippen molar-refractivity contribution in [2.75, 3.05) is 5.32 Å². The van der Waals surface area contributed by atoms with Crippen LogP contribution in [-0.2, 0) is 6.54 Å². The van der Waals surface area contributed by atoms with E-state index < -0.39 is 0 Å². The molecular formula is C11H12N4OS. The van der Waals surface area contributed by atoms with Gasteiger partial charge in [0.05, 0.1) is 18.3 Å². The van der Waals surface area contributed by atoms with E-state index in [4.69, 9.17) is 22.5 Å². The molecule has 0 saturated heterocycles. The summed E-state index contributed by atoms with van der Waals surface area (Å²) in [5.74, 6) is 1.39. The predicted octanol–water partition coefficient (Wildman–Crippen LogP) is 1.62. The molecule has 0 bridgehead atoms. The van der Waals surface area contributed by atoms with Crippen molar-refractivity contribution in [3.8, 4) is 0 Å². The Kier molecular flexibility index (Phi) is 3.34. The van der Waals surface area contributed by atoms with E-state index in [0.29, 0.717) is 17.4 Å². The zero-order chi connectivity index (χ0) is 12.3. The smallest absolute Gasteiger partial charge is 0.155 e. The summed E-state index contributed by atoms with van der Waals surface area (Å²) < 4.78 is 4.98. The summed E-state index contributed by atoms with van der Waals surface area (Å²) in [5, 5.41) is 6.75. The maximum atomic E-state index is 5.63. The van der Waals surface area contributed by atoms with Gasteiger partial charge in [0, 0.05) is 11.8 Å². The molecule has 0 saturated carbocycles. The fourth-order valence-corrected chi connectivity index (χ4v) is 1.56. The molecule has 2 aromatic heterocycles. The van der Waals surface area contributed by atoms with Crippen LogP contribution in [0.25, 0.3) is 0 Å². The predicted molar refractivity (Wildman–Crippen MR) is 68.7 cm³/mol. The maximum Gasteiger partial charge on any atom is 0.155 e. The van der Waals surface area contributed by atoms with E-state index in [9.17, 15) is 0 Å². The zero-order valence-electron chi connectivity index (χ0n) is 9.30. The second-order valence-corrected chi connectivity index (χ2v) is 3.99. The molecule has 0 aliphatic rings. The van der Waals surface area contributed by atoms with E-state index in [0.717, 1.165) is 17.0 Å². The highest BCUT2D eigenvalue weighted by Crippen LogP contribution is 2.14. The minimum atomic E-state index is 0.317. The van der Waals surface area contributed by atoms with Crippen LogP contribution in [0.2, 0.25) is 0 Å². The van der Waals surface area contributed by atoms with Gasteiger partial charge in [-0.1, -0.05) is 17.4 Å². The summed E-state index contributed by atoms with van der Waals surface area (Å²) in [6.45, 7) is 2.40. The number of rotatable bonds is 4. The maximum absolute atomic E-state index is 5.63. The van der Waals surface area contributed by atoms with Gasteiger partial charge < -0.3 is 15.6 Å². The minimum absolute atomic E-state index is 0.317. The fraction of sp³-hybridized carbons (Fsp3) is 0.182. The highest BCUT2D eigenvalue weighted by Gasteiger charge is 2.07. The molecule has 0 unspecified atom stereocenters. The van der Waals surface area contributed by atoms with Crippen LogP contribution >= 0.6 is 12.2 Å². The summed E-state index contributed by atoms with van der Waals surface area (Å²) in [5.41, 5.74) is 7.25. The lowest BCUT2D eigenvalue weighted by molar-refractivity contribution is 0.388. The van der Waals surface area contributed by atoms with Gasteiger partial charge >= 0.3 is 0 Å². The summed E-state index contributed by atoms with van der Waals surface area (Å²) in [6, 6.07) is 5.50. The molecule has 5 nitrogen and oxygen atoms in total. The van der Waals surface area contributed by atoms with Crippen LogP contribution in [0.15, 0.2) is 28.9 Å². The molecule has 0 radical (unpaired) electrons. The van der Waals surface area contributed by atoms with Crippen molar-refractivity contribution in [2.45, 2.75) is 13.5 Å². The van der Waals surface area contributed by atoms with Crippen molar-refractivity contribution in [3.05, 3.63) is 41.4 Å². The SMILES string of the molecule is Cc1ccc(C(N)=S)c(NCc2ccno2)n1. The lowest BCUT2D eigenvalue weighted by atomic mass is 10.2. The first-order valence-electron chi connectivity index (χ1n) is 5.07. The molecule has 2 aromatic rings. The molecule has 0 amide bonds. The van der Waals surface area contributed by atoms with Gasteiger partial charge in [0.2, 0.25) is 0 Å². The molecular weight excluding hydrogens is 236 g/mol. The average molecular weight is 248 g/mol. The number of nitrogens with two attached hydrogens (primary N) is 1. The molecule has 0 aliphatic heterocycles. The molecule has 0 atom stereocenters. The van der Waals surface area contributed by atoms with Crippen LogP contribution < -0.4 is 11.1 Å². The standard InChI is InChI=1S/C11H12N4OS/c1-7-2-3-9(10(12)17)11(15-7)13-6-8-4-5-14-16-8/h2-5H,6H2,1H3,(H2,12,17)(H,13,15). The number of anilines is 1. The quantitative estimate of drug-likeness (QED) is 0.801. The number of aromatic nitrogens is 2. The number of hydrogen-bond donors (Lipinski definition) is 2. The lowest BCUT2D eigenvalue weighted by Gasteiger charge is -2.09. The van der Waals surface area contributed by atoms with Gasteiger partial charge in [-0.05, 0) is 19.1 Å². The third kappa shape index (κ3) is 2.79. The topological polar surface area (TPSA) is 77.0 Å². The summed E-state index contributed by atoms with van der Waals surface area (Å²) >= 11 is 4.97. The number of nitrogens with one attached hydrogen (secondary N) is 1. The Morgan fingerprint density at radius 1 is 1.47 bits per heavy atom. The van der Waals surface area contributed by atoms with Crippen molar-refractivity contribution in [2.24, 2.45) is 5.73 Å². The highest BCUT2D eigenvalue weighted by molar-refractivity contribution is 7.80. The molecule has 0 aliphatic carbocycles. The highest BCUT2D eigenvalue weighted by atomic mass is 32.1. The van der Waals surface area contributed by atoms with E-state index >= 15 is 0 Å². The molecule has 2 heterocycles. The van der Waals surface area contributed by atoms with Gasteiger partial charge in [0.15, 0.2) is 5.76 Å². The molecule has 88 valence electrons. The third-order valence-corrected chi connectivity index (χ3v) is 2.44. The molecule has 2 rings (SSSR count). The van der Waals surface area contributed by atoms with E-state index in [1.807, 2.05) is 19.1 Å². The second kappa shape index (κ2) is 4.92. The lowest BCUT2D eigenvalue weighted by Crippen LogP contribution is -2.14. The normalized spacial score (nSPS) is 10.2. The Morgan fingerprint density at radius 3 is 2.94 bits per heavy atom. The molecule has 6 heteroatoms. The van der Waals surface area contributed by atoms with Gasteiger partial charge in [0.25, 0.3) is 0 Å². The Balaban J connectivity index is 2.19. The van der Waals surface area contributed by atoms with Gasteiger partial charge in [-0.2, -0.15) is 0 Å². The van der Waals surface area contributed by atoms with E-state index in [1.165, 1.54) is 0 Å². The van der Waals surface area contributed by atoms with Gasteiger partial charge in [-0.3, -0.25) is 0 Å². The summed E-state index contributed by atoms with van der Waals surface area (Å²) in [7, 11) is 0. The van der Waals surface area contributed by atoms with Gasteiger partial charge in [0.1, 0.15) is 10.8 Å². The van der Waals surface area contributed by atoms with Crippen LogP contribution in [0.3, 0.4) is 0 Å². The van der Waals surface area contributed by atoms with Crippen molar-refractivity contribution >= 4 is 23.0 Å². The Labute approximate surface area is 104 Å². The first kappa shape index (κ1) is 11.5.